The number of thioether (sulfide) groups is 1. The Kier molecular flexibility index (Phi) is 4.94. The average Bonchev–Trinajstić information content (AvgIpc) is 3.15. The second-order valence-electron chi connectivity index (χ2n) is 4.55. The molecule has 0 unspecified atom stereocenters. The Labute approximate surface area is 145 Å². The van der Waals surface area contributed by atoms with Crippen LogP contribution in [0.4, 0.5) is 5.13 Å². The number of hydrogen-bond donors (Lipinski definition) is 1. The number of nitrogens with one attached hydrogen (secondary N) is 1. The number of rotatable bonds is 5. The molecule has 2 aromatic heterocycles. The predicted octanol–water partition coefficient (Wildman–Crippen LogP) is 3.32. The van der Waals surface area contributed by atoms with Crippen molar-refractivity contribution in [2.45, 2.75) is 5.16 Å². The van der Waals surface area contributed by atoms with Gasteiger partial charge in [-0.2, -0.15) is 0 Å². The van der Waals surface area contributed by atoms with E-state index in [0.29, 0.717) is 21.1 Å². The molecule has 6 nitrogen and oxygen atoms in total. The molecule has 23 heavy (non-hydrogen) atoms. The zero-order valence-electron chi connectivity index (χ0n) is 12.1. The number of carbonyl (C=O) groups excluding carboxylic acids is 1. The molecule has 0 aliphatic rings. The summed E-state index contributed by atoms with van der Waals surface area (Å²) in [4.78, 5) is 15.9. The van der Waals surface area contributed by atoms with E-state index in [1.54, 1.807) is 12.3 Å². The molecule has 0 radical (unpaired) electrons. The first kappa shape index (κ1) is 16.0. The van der Waals surface area contributed by atoms with Crippen molar-refractivity contribution >= 4 is 45.7 Å². The van der Waals surface area contributed by atoms with Crippen LogP contribution in [0.5, 0.6) is 0 Å². The van der Waals surface area contributed by atoms with Crippen LogP contribution in [-0.4, -0.2) is 31.4 Å². The molecule has 0 saturated carbocycles. The molecule has 118 valence electrons. The van der Waals surface area contributed by atoms with Gasteiger partial charge in [0, 0.05) is 29.2 Å². The number of thiazole rings is 1. The van der Waals surface area contributed by atoms with E-state index in [1.807, 2.05) is 35.2 Å². The van der Waals surface area contributed by atoms with E-state index < -0.39 is 0 Å². The van der Waals surface area contributed by atoms with E-state index in [2.05, 4.69) is 20.5 Å². The van der Waals surface area contributed by atoms with Gasteiger partial charge in [0.25, 0.3) is 0 Å². The molecule has 1 aromatic carbocycles. The normalized spacial score (nSPS) is 10.7. The van der Waals surface area contributed by atoms with Crippen LogP contribution < -0.4 is 5.32 Å². The summed E-state index contributed by atoms with van der Waals surface area (Å²) >= 11 is 8.70. The minimum absolute atomic E-state index is 0.128. The summed E-state index contributed by atoms with van der Waals surface area (Å²) in [5.74, 6) is 0.814. The highest BCUT2D eigenvalue weighted by Crippen LogP contribution is 2.24. The Morgan fingerprint density at radius 3 is 3.04 bits per heavy atom. The van der Waals surface area contributed by atoms with Crippen LogP contribution in [-0.2, 0) is 11.8 Å². The molecule has 0 bridgehead atoms. The summed E-state index contributed by atoms with van der Waals surface area (Å²) < 4.78 is 1.84. The number of anilines is 1. The van der Waals surface area contributed by atoms with Crippen LogP contribution in [0, 0.1) is 0 Å². The molecule has 0 aliphatic carbocycles. The van der Waals surface area contributed by atoms with Crippen molar-refractivity contribution in [3.05, 3.63) is 40.9 Å². The first-order valence-electron chi connectivity index (χ1n) is 6.61. The first-order valence-corrected chi connectivity index (χ1v) is 8.85. The molecule has 0 fully saturated rings. The lowest BCUT2D eigenvalue weighted by atomic mass is 10.2. The van der Waals surface area contributed by atoms with Gasteiger partial charge in [-0.15, -0.1) is 21.5 Å². The molecule has 2 heterocycles. The van der Waals surface area contributed by atoms with Crippen molar-refractivity contribution in [1.82, 2.24) is 19.7 Å². The standard InChI is InChI=1S/C14H12ClN5OS2/c1-20-12(9-3-2-4-10(15)7-9)18-19-14(20)23-8-11(21)17-13-16-5-6-22-13/h2-7H,8H2,1H3,(H,16,17,21). The smallest absolute Gasteiger partial charge is 0.236 e. The van der Waals surface area contributed by atoms with Crippen LogP contribution >= 0.6 is 34.7 Å². The SMILES string of the molecule is Cn1c(SCC(=O)Nc2nccs2)nnc1-c1cccc(Cl)c1. The first-order chi connectivity index (χ1) is 11.1. The fraction of sp³-hybridized carbons (Fsp3) is 0.143. The van der Waals surface area contributed by atoms with Crippen molar-refractivity contribution in [2.75, 3.05) is 11.1 Å². The summed E-state index contributed by atoms with van der Waals surface area (Å²) in [5.41, 5.74) is 0.881. The maximum atomic E-state index is 11.9. The van der Waals surface area contributed by atoms with Crippen LogP contribution in [0.15, 0.2) is 41.0 Å². The Balaban J connectivity index is 1.66. The van der Waals surface area contributed by atoms with Gasteiger partial charge in [-0.1, -0.05) is 35.5 Å². The lowest BCUT2D eigenvalue weighted by Gasteiger charge is -2.04. The van der Waals surface area contributed by atoms with Gasteiger partial charge < -0.3 is 9.88 Å². The van der Waals surface area contributed by atoms with E-state index >= 15 is 0 Å². The Hall–Kier alpha value is -1.90. The van der Waals surface area contributed by atoms with Gasteiger partial charge in [0.15, 0.2) is 16.1 Å². The minimum atomic E-state index is -0.128. The molecule has 1 amide bonds. The van der Waals surface area contributed by atoms with Crippen molar-refractivity contribution in [3.8, 4) is 11.4 Å². The Bertz CT molecular complexity index is 818. The summed E-state index contributed by atoms with van der Waals surface area (Å²) in [6.45, 7) is 0. The third kappa shape index (κ3) is 3.90. The second kappa shape index (κ2) is 7.12. The van der Waals surface area contributed by atoms with Crippen LogP contribution in [0.25, 0.3) is 11.4 Å². The van der Waals surface area contributed by atoms with Gasteiger partial charge in [-0.05, 0) is 12.1 Å². The number of aromatic nitrogens is 4. The monoisotopic (exact) mass is 365 g/mol. The molecule has 3 rings (SSSR count). The van der Waals surface area contributed by atoms with Crippen molar-refractivity contribution < 1.29 is 4.79 Å². The molecule has 1 N–H and O–H groups in total. The van der Waals surface area contributed by atoms with E-state index in [0.717, 1.165) is 5.56 Å². The topological polar surface area (TPSA) is 72.7 Å². The van der Waals surface area contributed by atoms with Crippen LogP contribution in [0.1, 0.15) is 0 Å². The molecule has 0 spiro atoms. The third-order valence-electron chi connectivity index (χ3n) is 2.93. The highest BCUT2D eigenvalue weighted by atomic mass is 35.5. The van der Waals surface area contributed by atoms with Gasteiger partial charge in [-0.25, -0.2) is 4.98 Å². The van der Waals surface area contributed by atoms with Crippen molar-refractivity contribution in [2.24, 2.45) is 7.05 Å². The quantitative estimate of drug-likeness (QED) is 0.702. The minimum Gasteiger partial charge on any atom is -0.305 e. The van der Waals surface area contributed by atoms with E-state index in [1.165, 1.54) is 23.1 Å². The van der Waals surface area contributed by atoms with Gasteiger partial charge >= 0.3 is 0 Å². The third-order valence-corrected chi connectivity index (χ3v) is 4.87. The maximum Gasteiger partial charge on any atom is 0.236 e. The van der Waals surface area contributed by atoms with Crippen molar-refractivity contribution in [1.29, 1.82) is 0 Å². The lowest BCUT2D eigenvalue weighted by Crippen LogP contribution is -2.14. The van der Waals surface area contributed by atoms with Gasteiger partial charge in [0.05, 0.1) is 5.75 Å². The number of carbonyl (C=O) groups is 1. The summed E-state index contributed by atoms with van der Waals surface area (Å²) in [6, 6.07) is 7.41. The highest BCUT2D eigenvalue weighted by Gasteiger charge is 2.13. The zero-order chi connectivity index (χ0) is 16.2. The van der Waals surface area contributed by atoms with Gasteiger partial charge in [-0.3, -0.25) is 4.79 Å². The molecule has 0 atom stereocenters. The van der Waals surface area contributed by atoms with E-state index in [4.69, 9.17) is 11.6 Å². The number of hydrogen-bond acceptors (Lipinski definition) is 6. The molecular weight excluding hydrogens is 354 g/mol. The van der Waals surface area contributed by atoms with Crippen LogP contribution in [0.3, 0.4) is 0 Å². The molecular formula is C14H12ClN5OS2. The van der Waals surface area contributed by atoms with Crippen molar-refractivity contribution in [3.63, 3.8) is 0 Å². The predicted molar refractivity (Wildman–Crippen MR) is 92.9 cm³/mol. The average molecular weight is 366 g/mol. The molecule has 3 aromatic rings. The zero-order valence-corrected chi connectivity index (χ0v) is 14.5. The Morgan fingerprint density at radius 1 is 1.43 bits per heavy atom. The maximum absolute atomic E-state index is 11.9. The van der Waals surface area contributed by atoms with E-state index in [-0.39, 0.29) is 11.7 Å². The summed E-state index contributed by atoms with van der Waals surface area (Å²) in [7, 11) is 1.86. The lowest BCUT2D eigenvalue weighted by molar-refractivity contribution is -0.113. The molecule has 0 aliphatic heterocycles. The van der Waals surface area contributed by atoms with E-state index in [9.17, 15) is 4.79 Å². The van der Waals surface area contributed by atoms with Gasteiger partial charge in [0.2, 0.25) is 5.91 Å². The number of halogens is 1. The fourth-order valence-electron chi connectivity index (χ4n) is 1.89. The Morgan fingerprint density at radius 2 is 2.30 bits per heavy atom. The summed E-state index contributed by atoms with van der Waals surface area (Å²) in [6.07, 6.45) is 1.65. The number of benzene rings is 1. The fourth-order valence-corrected chi connectivity index (χ4v) is 3.34. The number of nitrogens with zero attached hydrogens (tertiary/aromatic N) is 4. The number of amides is 1. The van der Waals surface area contributed by atoms with Gasteiger partial charge in [0.1, 0.15) is 0 Å². The molecule has 0 saturated heterocycles. The highest BCUT2D eigenvalue weighted by molar-refractivity contribution is 7.99. The largest absolute Gasteiger partial charge is 0.305 e. The van der Waals surface area contributed by atoms with Crippen LogP contribution in [0.2, 0.25) is 5.02 Å². The second-order valence-corrected chi connectivity index (χ2v) is 6.82. The summed E-state index contributed by atoms with van der Waals surface area (Å²) in [5, 5.41) is 14.7. The molecule has 9 heteroatoms.